The molecule has 0 saturated heterocycles. The van der Waals surface area contributed by atoms with E-state index >= 15 is 0 Å². The van der Waals surface area contributed by atoms with E-state index in [0.29, 0.717) is 0 Å². The molecule has 122 valence electrons. The Hall–Kier alpha value is -2.18. The van der Waals surface area contributed by atoms with Gasteiger partial charge in [0.05, 0.1) is 6.54 Å². The molecule has 7 heteroatoms. The highest BCUT2D eigenvalue weighted by Gasteiger charge is 2.19. The van der Waals surface area contributed by atoms with E-state index in [1.807, 2.05) is 20.8 Å². The van der Waals surface area contributed by atoms with Crippen molar-refractivity contribution >= 4 is 11.8 Å². The molecule has 0 radical (unpaired) electrons. The molecule has 0 bridgehead atoms. The Bertz CT molecular complexity index is 542. The van der Waals surface area contributed by atoms with Gasteiger partial charge in [0.15, 0.2) is 0 Å². The van der Waals surface area contributed by atoms with Gasteiger partial charge in [-0.2, -0.15) is 8.78 Å². The number of carbonyl (C=O) groups is 2. The predicted octanol–water partition coefficient (Wildman–Crippen LogP) is 2.27. The van der Waals surface area contributed by atoms with Crippen LogP contribution in [0.25, 0.3) is 0 Å². The van der Waals surface area contributed by atoms with Crippen molar-refractivity contribution in [3.63, 3.8) is 0 Å². The number of ether oxygens (including phenoxy) is 1. The summed E-state index contributed by atoms with van der Waals surface area (Å²) in [5.74, 6) is -0.861. The molecule has 0 fully saturated rings. The van der Waals surface area contributed by atoms with Crippen molar-refractivity contribution in [2.24, 2.45) is 0 Å². The number of rotatable bonds is 5. The van der Waals surface area contributed by atoms with Crippen LogP contribution in [0, 0.1) is 0 Å². The maximum absolute atomic E-state index is 12.2. The fraction of sp³-hybridized carbons (Fsp3) is 0.467. The summed E-state index contributed by atoms with van der Waals surface area (Å²) in [6, 6.07) is 5.45. The molecule has 1 N–H and O–H groups in total. The van der Waals surface area contributed by atoms with E-state index in [0.717, 1.165) is 0 Å². The first-order valence-corrected chi connectivity index (χ1v) is 6.70. The highest BCUT2D eigenvalue weighted by atomic mass is 19.3. The molecule has 1 rings (SSSR count). The average Bonchev–Trinajstić information content (AvgIpc) is 2.34. The van der Waals surface area contributed by atoms with E-state index in [1.165, 1.54) is 36.2 Å². The van der Waals surface area contributed by atoms with E-state index in [1.54, 1.807) is 0 Å². The summed E-state index contributed by atoms with van der Waals surface area (Å²) in [6.45, 7) is 2.41. The van der Waals surface area contributed by atoms with Crippen LogP contribution in [0.5, 0.6) is 5.75 Å². The molecule has 0 aromatic heterocycles. The van der Waals surface area contributed by atoms with Crippen LogP contribution in [0.1, 0.15) is 31.1 Å². The number of benzene rings is 1. The predicted molar refractivity (Wildman–Crippen MR) is 77.9 cm³/mol. The second kappa shape index (κ2) is 7.20. The zero-order valence-corrected chi connectivity index (χ0v) is 13.0. The Balaban J connectivity index is 2.72. The quantitative estimate of drug-likeness (QED) is 0.907. The third-order valence-electron chi connectivity index (χ3n) is 2.55. The lowest BCUT2D eigenvalue weighted by Gasteiger charge is -2.23. The molecular formula is C15H20F2N2O3. The number of hydrogen-bond acceptors (Lipinski definition) is 3. The number of hydrogen-bond donors (Lipinski definition) is 1. The maximum Gasteiger partial charge on any atom is 0.387 e. The van der Waals surface area contributed by atoms with Gasteiger partial charge >= 0.3 is 6.61 Å². The molecule has 0 atom stereocenters. The number of nitrogens with zero attached hydrogens (tertiary/aromatic N) is 1. The van der Waals surface area contributed by atoms with Crippen molar-refractivity contribution in [2.75, 3.05) is 13.6 Å². The molecule has 0 unspecified atom stereocenters. The molecule has 0 aliphatic carbocycles. The second-order valence-electron chi connectivity index (χ2n) is 5.87. The van der Waals surface area contributed by atoms with Gasteiger partial charge in [-0.05, 0) is 39.0 Å². The van der Waals surface area contributed by atoms with Crippen molar-refractivity contribution in [3.8, 4) is 5.75 Å². The van der Waals surface area contributed by atoms with Crippen molar-refractivity contribution < 1.29 is 23.1 Å². The maximum atomic E-state index is 12.2. The van der Waals surface area contributed by atoms with Gasteiger partial charge in [0.25, 0.3) is 5.91 Å². The summed E-state index contributed by atoms with van der Waals surface area (Å²) in [7, 11) is 1.46. The lowest BCUT2D eigenvalue weighted by Crippen LogP contribution is -2.46. The Labute approximate surface area is 128 Å². The summed E-state index contributed by atoms with van der Waals surface area (Å²) >= 11 is 0. The van der Waals surface area contributed by atoms with Crippen LogP contribution >= 0.6 is 0 Å². The van der Waals surface area contributed by atoms with Crippen molar-refractivity contribution in [2.45, 2.75) is 32.9 Å². The zero-order valence-electron chi connectivity index (χ0n) is 13.0. The summed E-state index contributed by atoms with van der Waals surface area (Å²) in [4.78, 5) is 25.2. The van der Waals surface area contributed by atoms with Gasteiger partial charge in [0, 0.05) is 18.2 Å². The lowest BCUT2D eigenvalue weighted by atomic mass is 10.1. The van der Waals surface area contributed by atoms with Crippen LogP contribution in [0.2, 0.25) is 0 Å². The monoisotopic (exact) mass is 314 g/mol. The van der Waals surface area contributed by atoms with Crippen molar-refractivity contribution in [1.29, 1.82) is 0 Å². The molecule has 0 aliphatic heterocycles. The Morgan fingerprint density at radius 1 is 1.32 bits per heavy atom. The van der Waals surface area contributed by atoms with Gasteiger partial charge < -0.3 is 15.0 Å². The average molecular weight is 314 g/mol. The Morgan fingerprint density at radius 2 is 1.95 bits per heavy atom. The van der Waals surface area contributed by atoms with Crippen molar-refractivity contribution in [3.05, 3.63) is 29.8 Å². The standard InChI is InChI=1S/C15H20F2N2O3/c1-15(2,3)18-12(20)9-19(4)13(21)10-6-5-7-11(8-10)22-14(16)17/h5-8,14H,9H2,1-4H3,(H,18,20). The van der Waals surface area contributed by atoms with Crippen LogP contribution in [-0.2, 0) is 4.79 Å². The van der Waals surface area contributed by atoms with E-state index in [4.69, 9.17) is 0 Å². The van der Waals surface area contributed by atoms with Crippen molar-refractivity contribution in [1.82, 2.24) is 10.2 Å². The second-order valence-corrected chi connectivity index (χ2v) is 5.87. The first-order valence-electron chi connectivity index (χ1n) is 6.70. The molecule has 0 heterocycles. The van der Waals surface area contributed by atoms with Crippen LogP contribution < -0.4 is 10.1 Å². The van der Waals surface area contributed by atoms with Gasteiger partial charge in [-0.25, -0.2) is 0 Å². The molecule has 0 saturated carbocycles. The smallest absolute Gasteiger partial charge is 0.387 e. The molecule has 1 aromatic carbocycles. The fourth-order valence-corrected chi connectivity index (χ4v) is 1.77. The van der Waals surface area contributed by atoms with E-state index in [-0.39, 0.29) is 23.8 Å². The Morgan fingerprint density at radius 3 is 2.50 bits per heavy atom. The zero-order chi connectivity index (χ0) is 16.9. The number of carbonyl (C=O) groups excluding carboxylic acids is 2. The largest absolute Gasteiger partial charge is 0.435 e. The van der Waals surface area contributed by atoms with Crippen LogP contribution in [0.15, 0.2) is 24.3 Å². The van der Waals surface area contributed by atoms with E-state index in [9.17, 15) is 18.4 Å². The van der Waals surface area contributed by atoms with E-state index in [2.05, 4.69) is 10.1 Å². The first kappa shape index (κ1) is 17.9. The molecule has 5 nitrogen and oxygen atoms in total. The van der Waals surface area contributed by atoms with E-state index < -0.39 is 18.1 Å². The summed E-state index contributed by atoms with van der Waals surface area (Å²) in [5, 5.41) is 2.74. The van der Waals surface area contributed by atoms with Crippen LogP contribution in [0.3, 0.4) is 0 Å². The SMILES string of the molecule is CN(CC(=O)NC(C)(C)C)C(=O)c1cccc(OC(F)F)c1. The number of nitrogens with one attached hydrogen (secondary N) is 1. The van der Waals surface area contributed by atoms with Gasteiger partial charge in [0.1, 0.15) is 5.75 Å². The minimum Gasteiger partial charge on any atom is -0.435 e. The highest BCUT2D eigenvalue weighted by molar-refractivity contribution is 5.96. The van der Waals surface area contributed by atoms with Gasteiger partial charge in [-0.15, -0.1) is 0 Å². The minimum absolute atomic E-state index is 0.103. The molecule has 0 aliphatic rings. The van der Waals surface area contributed by atoms with Crippen LogP contribution in [-0.4, -0.2) is 42.5 Å². The third kappa shape index (κ3) is 6.07. The minimum atomic E-state index is -2.96. The fourth-order valence-electron chi connectivity index (χ4n) is 1.77. The number of halogens is 2. The number of likely N-dealkylation sites (N-methyl/N-ethyl adjacent to an activating group) is 1. The molecule has 1 aromatic rings. The van der Waals surface area contributed by atoms with Gasteiger partial charge in [0.2, 0.25) is 5.91 Å². The molecule has 2 amide bonds. The number of amides is 2. The topological polar surface area (TPSA) is 58.6 Å². The Kier molecular flexibility index (Phi) is 5.84. The molecule has 22 heavy (non-hydrogen) atoms. The normalized spacial score (nSPS) is 11.2. The van der Waals surface area contributed by atoms with Gasteiger partial charge in [-0.3, -0.25) is 9.59 Å². The molecule has 0 spiro atoms. The third-order valence-corrected chi connectivity index (χ3v) is 2.55. The van der Waals surface area contributed by atoms with Gasteiger partial charge in [-0.1, -0.05) is 6.07 Å². The summed E-state index contributed by atoms with van der Waals surface area (Å²) in [5.41, 5.74) is -0.226. The lowest BCUT2D eigenvalue weighted by molar-refractivity contribution is -0.122. The summed E-state index contributed by atoms with van der Waals surface area (Å²) in [6.07, 6.45) is 0. The number of alkyl halides is 2. The first-order chi connectivity index (χ1) is 10.1. The summed E-state index contributed by atoms with van der Waals surface area (Å²) < 4.78 is 28.6. The van der Waals surface area contributed by atoms with Crippen LogP contribution in [0.4, 0.5) is 8.78 Å². The highest BCUT2D eigenvalue weighted by Crippen LogP contribution is 2.17. The molecular weight excluding hydrogens is 294 g/mol.